The summed E-state index contributed by atoms with van der Waals surface area (Å²) in [6, 6.07) is 15.1. The van der Waals surface area contributed by atoms with E-state index >= 15 is 0 Å². The van der Waals surface area contributed by atoms with Gasteiger partial charge in [0.05, 0.1) is 19.3 Å². The fourth-order valence-corrected chi connectivity index (χ4v) is 3.02. The van der Waals surface area contributed by atoms with E-state index in [-0.39, 0.29) is 5.56 Å². The number of aryl methyl sites for hydroxylation is 1. The zero-order valence-electron chi connectivity index (χ0n) is 16.0. The molecule has 0 amide bonds. The van der Waals surface area contributed by atoms with Gasteiger partial charge in [-0.05, 0) is 55.3 Å². The quantitative estimate of drug-likeness (QED) is 0.559. The first-order valence-electron chi connectivity index (χ1n) is 8.98. The Bertz CT molecular complexity index is 1190. The molecule has 142 valence electrons. The molecule has 7 nitrogen and oxygen atoms in total. The number of hydrogen-bond donors (Lipinski definition) is 2. The Labute approximate surface area is 162 Å². The number of aromatic amines is 1. The van der Waals surface area contributed by atoms with Crippen LogP contribution in [0.15, 0.2) is 53.3 Å². The van der Waals surface area contributed by atoms with E-state index in [1.54, 1.807) is 7.11 Å². The number of aromatic nitrogens is 4. The summed E-state index contributed by atoms with van der Waals surface area (Å²) < 4.78 is 6.52. The van der Waals surface area contributed by atoms with Gasteiger partial charge < -0.3 is 10.1 Å². The molecule has 0 aliphatic rings. The van der Waals surface area contributed by atoms with Crippen LogP contribution in [0.2, 0.25) is 0 Å². The van der Waals surface area contributed by atoms with Crippen molar-refractivity contribution in [3.05, 3.63) is 75.7 Å². The molecule has 28 heavy (non-hydrogen) atoms. The van der Waals surface area contributed by atoms with Crippen LogP contribution in [0.4, 0.5) is 5.69 Å². The Balaban J connectivity index is 1.62. The lowest BCUT2D eigenvalue weighted by molar-refractivity contribution is 0.415. The second-order valence-electron chi connectivity index (χ2n) is 6.62. The van der Waals surface area contributed by atoms with Crippen LogP contribution in [0, 0.1) is 13.8 Å². The summed E-state index contributed by atoms with van der Waals surface area (Å²) in [6.45, 7) is 4.58. The number of nitrogens with one attached hydrogen (secondary N) is 2. The van der Waals surface area contributed by atoms with Crippen LogP contribution in [0.1, 0.15) is 16.8 Å². The third-order valence-electron chi connectivity index (χ3n) is 4.81. The molecule has 0 saturated heterocycles. The molecule has 0 spiro atoms. The smallest absolute Gasteiger partial charge is 0.274 e. The Morgan fingerprint density at radius 1 is 1.11 bits per heavy atom. The molecule has 2 aromatic heterocycles. The third-order valence-corrected chi connectivity index (χ3v) is 4.81. The van der Waals surface area contributed by atoms with E-state index in [1.165, 1.54) is 21.7 Å². The summed E-state index contributed by atoms with van der Waals surface area (Å²) in [5.41, 5.74) is 4.71. The number of hydrogen-bond acceptors (Lipinski definition) is 5. The summed E-state index contributed by atoms with van der Waals surface area (Å²) in [5.74, 6) is 1.68. The molecule has 0 bridgehead atoms. The zero-order chi connectivity index (χ0) is 19.7. The molecular weight excluding hydrogens is 354 g/mol. The summed E-state index contributed by atoms with van der Waals surface area (Å²) in [4.78, 5) is 21.5. The van der Waals surface area contributed by atoms with Gasteiger partial charge in [0.2, 0.25) is 0 Å². The van der Waals surface area contributed by atoms with Gasteiger partial charge in [-0.3, -0.25) is 9.89 Å². The number of anilines is 1. The molecule has 4 rings (SSSR count). The van der Waals surface area contributed by atoms with Crippen LogP contribution in [0.5, 0.6) is 5.75 Å². The Morgan fingerprint density at radius 2 is 1.89 bits per heavy atom. The number of nitrogens with zero attached hydrogens (tertiary/aromatic N) is 3. The molecule has 2 heterocycles. The average Bonchev–Trinajstić information content (AvgIpc) is 3.14. The van der Waals surface area contributed by atoms with Crippen LogP contribution >= 0.6 is 0 Å². The van der Waals surface area contributed by atoms with E-state index < -0.39 is 0 Å². The molecule has 2 aromatic carbocycles. The fourth-order valence-electron chi connectivity index (χ4n) is 3.02. The highest BCUT2D eigenvalue weighted by molar-refractivity contribution is 5.58. The minimum absolute atomic E-state index is 0.199. The molecule has 0 atom stereocenters. The highest BCUT2D eigenvalue weighted by atomic mass is 16.5. The van der Waals surface area contributed by atoms with E-state index in [2.05, 4.69) is 40.3 Å². The maximum Gasteiger partial charge on any atom is 0.274 e. The second-order valence-corrected chi connectivity index (χ2v) is 6.62. The number of methoxy groups -OCH3 is 1. The molecule has 0 unspecified atom stereocenters. The van der Waals surface area contributed by atoms with Crippen molar-refractivity contribution in [3.8, 4) is 17.1 Å². The standard InChI is InChI=1S/C21H21N5O2/c1-13-5-4-6-18(14(13)2)22-12-16-11-19(27)26-21(23-16)24-20(25-26)15-7-9-17(28-3)10-8-15/h4-11,22H,12H2,1-3H3,(H,23,24,25). The summed E-state index contributed by atoms with van der Waals surface area (Å²) in [6.07, 6.45) is 0. The first kappa shape index (κ1) is 17.8. The number of benzene rings is 2. The fraction of sp³-hybridized carbons (Fsp3) is 0.190. The van der Waals surface area contributed by atoms with Crippen molar-refractivity contribution >= 4 is 11.5 Å². The van der Waals surface area contributed by atoms with Crippen LogP contribution in [-0.4, -0.2) is 26.7 Å². The molecule has 0 saturated carbocycles. The molecule has 2 N–H and O–H groups in total. The topological polar surface area (TPSA) is 84.3 Å². The Morgan fingerprint density at radius 3 is 2.64 bits per heavy atom. The van der Waals surface area contributed by atoms with E-state index in [1.807, 2.05) is 36.4 Å². The largest absolute Gasteiger partial charge is 0.497 e. The molecule has 0 aliphatic heterocycles. The van der Waals surface area contributed by atoms with Crippen molar-refractivity contribution in [2.24, 2.45) is 0 Å². The van der Waals surface area contributed by atoms with Gasteiger partial charge in [0, 0.05) is 17.3 Å². The number of fused-ring (bicyclic) bond motifs is 1. The SMILES string of the molecule is COc1ccc(-c2nc3nc(CNc4cccc(C)c4C)cc(=O)n3[nH]2)cc1. The lowest BCUT2D eigenvalue weighted by Gasteiger charge is -2.10. The Kier molecular flexibility index (Phi) is 4.57. The van der Waals surface area contributed by atoms with E-state index in [9.17, 15) is 4.79 Å². The van der Waals surface area contributed by atoms with Gasteiger partial charge >= 0.3 is 0 Å². The molecule has 4 aromatic rings. The molecule has 0 radical (unpaired) electrons. The maximum absolute atomic E-state index is 12.5. The minimum atomic E-state index is -0.199. The van der Waals surface area contributed by atoms with Gasteiger partial charge in [0.25, 0.3) is 11.3 Å². The minimum Gasteiger partial charge on any atom is -0.497 e. The zero-order valence-corrected chi connectivity index (χ0v) is 16.0. The van der Waals surface area contributed by atoms with E-state index in [4.69, 9.17) is 4.74 Å². The number of ether oxygens (including phenoxy) is 1. The van der Waals surface area contributed by atoms with Crippen molar-refractivity contribution in [1.82, 2.24) is 19.6 Å². The number of H-pyrrole nitrogens is 1. The molecule has 0 fully saturated rings. The predicted molar refractivity (Wildman–Crippen MR) is 109 cm³/mol. The summed E-state index contributed by atoms with van der Waals surface area (Å²) in [5, 5.41) is 6.36. The van der Waals surface area contributed by atoms with Gasteiger partial charge in [-0.2, -0.15) is 9.50 Å². The first-order valence-corrected chi connectivity index (χ1v) is 8.98. The summed E-state index contributed by atoms with van der Waals surface area (Å²) in [7, 11) is 1.62. The van der Waals surface area contributed by atoms with Crippen molar-refractivity contribution < 1.29 is 4.74 Å². The average molecular weight is 375 g/mol. The van der Waals surface area contributed by atoms with Gasteiger partial charge in [-0.15, -0.1) is 0 Å². The molecule has 7 heteroatoms. The van der Waals surface area contributed by atoms with Crippen LogP contribution in [0.3, 0.4) is 0 Å². The van der Waals surface area contributed by atoms with Gasteiger partial charge in [-0.1, -0.05) is 12.1 Å². The van der Waals surface area contributed by atoms with Gasteiger partial charge in [0.15, 0.2) is 5.82 Å². The van der Waals surface area contributed by atoms with E-state index in [0.29, 0.717) is 23.8 Å². The van der Waals surface area contributed by atoms with Crippen molar-refractivity contribution in [1.29, 1.82) is 0 Å². The molecular formula is C21H21N5O2. The third kappa shape index (κ3) is 3.34. The van der Waals surface area contributed by atoms with Crippen LogP contribution in [-0.2, 0) is 6.54 Å². The monoisotopic (exact) mass is 375 g/mol. The second kappa shape index (κ2) is 7.19. The van der Waals surface area contributed by atoms with Crippen LogP contribution in [0.25, 0.3) is 17.2 Å². The van der Waals surface area contributed by atoms with Crippen molar-refractivity contribution in [2.45, 2.75) is 20.4 Å². The molecule has 0 aliphatic carbocycles. The number of rotatable bonds is 5. The van der Waals surface area contributed by atoms with E-state index in [0.717, 1.165) is 17.0 Å². The van der Waals surface area contributed by atoms with Gasteiger partial charge in [-0.25, -0.2) is 4.98 Å². The first-order chi connectivity index (χ1) is 13.5. The van der Waals surface area contributed by atoms with Crippen molar-refractivity contribution in [2.75, 3.05) is 12.4 Å². The van der Waals surface area contributed by atoms with Crippen molar-refractivity contribution in [3.63, 3.8) is 0 Å². The van der Waals surface area contributed by atoms with Crippen LogP contribution < -0.4 is 15.6 Å². The highest BCUT2D eigenvalue weighted by Gasteiger charge is 2.10. The predicted octanol–water partition coefficient (Wildman–Crippen LogP) is 3.32. The maximum atomic E-state index is 12.5. The Hall–Kier alpha value is -3.61. The van der Waals surface area contributed by atoms with Gasteiger partial charge in [0.1, 0.15) is 5.75 Å². The highest BCUT2D eigenvalue weighted by Crippen LogP contribution is 2.20. The lowest BCUT2D eigenvalue weighted by Crippen LogP contribution is -2.17. The summed E-state index contributed by atoms with van der Waals surface area (Å²) >= 11 is 0. The lowest BCUT2D eigenvalue weighted by atomic mass is 10.1. The normalized spacial score (nSPS) is 11.0.